The molecule has 14 heavy (non-hydrogen) atoms. The van der Waals surface area contributed by atoms with E-state index in [2.05, 4.69) is 10.3 Å². The number of nitrogens with one attached hydrogen (secondary N) is 1. The zero-order chi connectivity index (χ0) is 9.60. The third-order valence-electron chi connectivity index (χ3n) is 3.27. The van der Waals surface area contributed by atoms with Gasteiger partial charge in [-0.3, -0.25) is 0 Å². The molecule has 1 N–H and O–H groups in total. The molecule has 0 spiro atoms. The van der Waals surface area contributed by atoms with E-state index in [1.54, 1.807) is 6.20 Å². The molecule has 3 rings (SSSR count). The minimum Gasteiger partial charge on any atom is -0.379 e. The second kappa shape index (κ2) is 2.86. The van der Waals surface area contributed by atoms with Crippen molar-refractivity contribution in [2.75, 3.05) is 5.32 Å². The van der Waals surface area contributed by atoms with Gasteiger partial charge in [-0.15, -0.1) is 0 Å². The van der Waals surface area contributed by atoms with Crippen LogP contribution >= 0.6 is 11.6 Å². The van der Waals surface area contributed by atoms with Crippen LogP contribution < -0.4 is 5.32 Å². The fraction of sp³-hybridized carbons (Fsp3) is 0.545. The molecule has 0 saturated heterocycles. The smallest absolute Gasteiger partial charge is 0.131 e. The summed E-state index contributed by atoms with van der Waals surface area (Å²) in [6.07, 6.45) is 7.18. The van der Waals surface area contributed by atoms with Gasteiger partial charge < -0.3 is 5.32 Å². The van der Waals surface area contributed by atoms with Crippen molar-refractivity contribution in [1.29, 1.82) is 0 Å². The maximum atomic E-state index is 5.84. The van der Waals surface area contributed by atoms with Crippen molar-refractivity contribution in [3.05, 3.63) is 23.5 Å². The zero-order valence-corrected chi connectivity index (χ0v) is 8.72. The van der Waals surface area contributed by atoms with E-state index < -0.39 is 0 Å². The first-order valence-electron chi connectivity index (χ1n) is 5.18. The van der Waals surface area contributed by atoms with Crippen LogP contribution in [0.3, 0.4) is 0 Å². The Morgan fingerprint density at radius 2 is 2.21 bits per heavy atom. The minimum atomic E-state index is 0.421. The fourth-order valence-electron chi connectivity index (χ4n) is 2.17. The number of nitrogens with zero attached hydrogens (tertiary/aromatic N) is 1. The topological polar surface area (TPSA) is 24.9 Å². The average molecular weight is 209 g/mol. The predicted molar refractivity (Wildman–Crippen MR) is 57.6 cm³/mol. The molecule has 3 heteroatoms. The molecule has 1 heterocycles. The van der Waals surface area contributed by atoms with Crippen LogP contribution in [0.1, 0.15) is 25.7 Å². The van der Waals surface area contributed by atoms with Crippen molar-refractivity contribution < 1.29 is 0 Å². The molecule has 0 atom stereocenters. The highest BCUT2D eigenvalue weighted by Gasteiger charge is 2.53. The lowest BCUT2D eigenvalue weighted by Gasteiger charge is -2.17. The summed E-state index contributed by atoms with van der Waals surface area (Å²) in [4.78, 5) is 3.98. The molecule has 2 nitrogen and oxygen atoms in total. The highest BCUT2D eigenvalue weighted by molar-refractivity contribution is 6.29. The van der Waals surface area contributed by atoms with Crippen LogP contribution in [0.15, 0.2) is 18.3 Å². The number of rotatable bonds is 3. The van der Waals surface area contributed by atoms with Gasteiger partial charge in [0.15, 0.2) is 0 Å². The van der Waals surface area contributed by atoms with Crippen molar-refractivity contribution in [3.63, 3.8) is 0 Å². The highest BCUT2D eigenvalue weighted by atomic mass is 35.5. The summed E-state index contributed by atoms with van der Waals surface area (Å²) in [6.45, 7) is 0. The molecule has 0 unspecified atom stereocenters. The van der Waals surface area contributed by atoms with Gasteiger partial charge in [-0.05, 0) is 43.7 Å². The van der Waals surface area contributed by atoms with Crippen molar-refractivity contribution in [2.24, 2.45) is 5.92 Å². The molecular weight excluding hydrogens is 196 g/mol. The molecular formula is C11H13ClN2. The van der Waals surface area contributed by atoms with Gasteiger partial charge in [-0.1, -0.05) is 11.6 Å². The van der Waals surface area contributed by atoms with E-state index in [0.29, 0.717) is 10.7 Å². The maximum Gasteiger partial charge on any atom is 0.131 e. The molecule has 0 radical (unpaired) electrons. The van der Waals surface area contributed by atoms with Crippen molar-refractivity contribution >= 4 is 17.3 Å². The summed E-state index contributed by atoms with van der Waals surface area (Å²) in [5, 5.41) is 4.18. The summed E-state index contributed by atoms with van der Waals surface area (Å²) in [7, 11) is 0. The van der Waals surface area contributed by atoms with Crippen LogP contribution in [0.4, 0.5) is 5.69 Å². The molecule has 0 bridgehead atoms. The van der Waals surface area contributed by atoms with Crippen LogP contribution in [0.25, 0.3) is 0 Å². The van der Waals surface area contributed by atoms with E-state index in [1.165, 1.54) is 25.7 Å². The second-order valence-corrected chi connectivity index (χ2v) is 4.81. The lowest BCUT2D eigenvalue weighted by molar-refractivity contribution is 0.634. The molecule has 2 aliphatic rings. The molecule has 0 amide bonds. The third-order valence-corrected chi connectivity index (χ3v) is 3.47. The van der Waals surface area contributed by atoms with E-state index in [0.717, 1.165) is 11.6 Å². The van der Waals surface area contributed by atoms with Gasteiger partial charge in [-0.25, -0.2) is 4.98 Å². The number of hydrogen-bond acceptors (Lipinski definition) is 2. The number of halogens is 1. The normalized spacial score (nSPS) is 23.2. The monoisotopic (exact) mass is 208 g/mol. The van der Waals surface area contributed by atoms with Gasteiger partial charge >= 0.3 is 0 Å². The lowest BCUT2D eigenvalue weighted by atomic mass is 10.1. The quantitative estimate of drug-likeness (QED) is 0.773. The Balaban J connectivity index is 1.77. The summed E-state index contributed by atoms with van der Waals surface area (Å²) in [5.41, 5.74) is 1.54. The number of anilines is 1. The molecule has 2 aliphatic carbocycles. The molecule has 1 aromatic rings. The van der Waals surface area contributed by atoms with Crippen LogP contribution in [-0.2, 0) is 0 Å². The van der Waals surface area contributed by atoms with Crippen LogP contribution in [-0.4, -0.2) is 10.5 Å². The summed E-state index contributed by atoms with van der Waals surface area (Å²) < 4.78 is 0. The Morgan fingerprint density at radius 3 is 2.79 bits per heavy atom. The van der Waals surface area contributed by atoms with Crippen LogP contribution in [0.5, 0.6) is 0 Å². The molecule has 0 aromatic carbocycles. The highest BCUT2D eigenvalue weighted by Crippen LogP contribution is 2.55. The Kier molecular flexibility index (Phi) is 1.75. The van der Waals surface area contributed by atoms with Gasteiger partial charge in [0.1, 0.15) is 5.15 Å². The minimum absolute atomic E-state index is 0.421. The van der Waals surface area contributed by atoms with Gasteiger partial charge in [0.25, 0.3) is 0 Å². The first-order chi connectivity index (χ1) is 6.78. The number of pyridine rings is 1. The third kappa shape index (κ3) is 1.48. The van der Waals surface area contributed by atoms with Crippen LogP contribution in [0, 0.1) is 5.92 Å². The van der Waals surface area contributed by atoms with Crippen molar-refractivity contribution in [2.45, 2.75) is 31.2 Å². The van der Waals surface area contributed by atoms with Gasteiger partial charge in [0, 0.05) is 17.4 Å². The lowest BCUT2D eigenvalue weighted by Crippen LogP contribution is -2.23. The Labute approximate surface area is 88.7 Å². The van der Waals surface area contributed by atoms with E-state index in [9.17, 15) is 0 Å². The van der Waals surface area contributed by atoms with E-state index in [1.807, 2.05) is 12.1 Å². The molecule has 0 aliphatic heterocycles. The maximum absolute atomic E-state index is 5.84. The van der Waals surface area contributed by atoms with Crippen molar-refractivity contribution in [1.82, 2.24) is 4.98 Å². The summed E-state index contributed by atoms with van der Waals surface area (Å²) >= 11 is 5.84. The predicted octanol–water partition coefficient (Wildman–Crippen LogP) is 3.09. The molecule has 74 valence electrons. The van der Waals surface area contributed by atoms with E-state index in [4.69, 9.17) is 11.6 Å². The van der Waals surface area contributed by atoms with Crippen molar-refractivity contribution in [3.8, 4) is 0 Å². The first-order valence-corrected chi connectivity index (χ1v) is 5.56. The molecule has 2 saturated carbocycles. The molecule has 1 aromatic heterocycles. The SMILES string of the molecule is Clc1cc(NC2(C3CC3)CC2)ccn1. The number of aromatic nitrogens is 1. The van der Waals surface area contributed by atoms with Crippen LogP contribution in [0.2, 0.25) is 5.15 Å². The standard InChI is InChI=1S/C11H13ClN2/c12-10-7-9(3-6-13-10)14-11(4-5-11)8-1-2-8/h3,6-8H,1-2,4-5H2,(H,13,14). The first kappa shape index (κ1) is 8.54. The largest absolute Gasteiger partial charge is 0.379 e. The number of hydrogen-bond donors (Lipinski definition) is 1. The van der Waals surface area contributed by atoms with Gasteiger partial charge in [-0.2, -0.15) is 0 Å². The average Bonchev–Trinajstić information content (AvgIpc) is 2.99. The van der Waals surface area contributed by atoms with Gasteiger partial charge in [0.2, 0.25) is 0 Å². The molecule has 2 fully saturated rings. The Hall–Kier alpha value is -0.760. The van der Waals surface area contributed by atoms with E-state index >= 15 is 0 Å². The fourth-order valence-corrected chi connectivity index (χ4v) is 2.35. The second-order valence-electron chi connectivity index (χ2n) is 4.42. The summed E-state index contributed by atoms with van der Waals surface area (Å²) in [5.74, 6) is 0.912. The van der Waals surface area contributed by atoms with E-state index in [-0.39, 0.29) is 0 Å². The van der Waals surface area contributed by atoms with Gasteiger partial charge in [0.05, 0.1) is 0 Å². The summed E-state index contributed by atoms with van der Waals surface area (Å²) in [6, 6.07) is 3.90. The zero-order valence-electron chi connectivity index (χ0n) is 7.96. The Morgan fingerprint density at radius 1 is 1.43 bits per heavy atom. The Bertz CT molecular complexity index is 356.